The van der Waals surface area contributed by atoms with Crippen LogP contribution in [-0.2, 0) is 4.74 Å². The van der Waals surface area contributed by atoms with E-state index < -0.39 is 0 Å². The number of hydrogen-bond donors (Lipinski definition) is 1. The van der Waals surface area contributed by atoms with Gasteiger partial charge in [0.2, 0.25) is 0 Å². The van der Waals surface area contributed by atoms with Crippen LogP contribution in [0, 0.1) is 34.5 Å². The largest absolute Gasteiger partial charge is 0.512 e. The maximum atomic E-state index is 10.9. The van der Waals surface area contributed by atoms with Crippen LogP contribution in [0.15, 0.2) is 11.8 Å². The molecule has 0 aromatic rings. The van der Waals surface area contributed by atoms with Crippen LogP contribution in [0.5, 0.6) is 0 Å². The maximum absolute atomic E-state index is 10.9. The monoisotopic (exact) mass is 374 g/mol. The summed E-state index contributed by atoms with van der Waals surface area (Å²) in [5, 5.41) is 10.9. The van der Waals surface area contributed by atoms with Crippen LogP contribution in [0.1, 0.15) is 98.3 Å². The molecule has 27 heavy (non-hydrogen) atoms. The second kappa shape index (κ2) is 7.08. The zero-order chi connectivity index (χ0) is 19.3. The second-order valence-electron chi connectivity index (χ2n) is 10.6. The zero-order valence-corrected chi connectivity index (χ0v) is 18.2. The molecule has 0 radical (unpaired) electrons. The van der Waals surface area contributed by atoms with Crippen molar-refractivity contribution >= 4 is 0 Å². The molecule has 4 rings (SSSR count). The zero-order valence-electron chi connectivity index (χ0n) is 18.2. The van der Waals surface area contributed by atoms with Gasteiger partial charge >= 0.3 is 0 Å². The van der Waals surface area contributed by atoms with Crippen molar-refractivity contribution in [3.8, 4) is 0 Å². The number of fused-ring (bicyclic) bond motifs is 5. The molecule has 0 aromatic heterocycles. The Morgan fingerprint density at radius 2 is 1.81 bits per heavy atom. The lowest BCUT2D eigenvalue weighted by molar-refractivity contribution is -0.171. The van der Waals surface area contributed by atoms with Crippen LogP contribution in [-0.4, -0.2) is 17.3 Å². The summed E-state index contributed by atoms with van der Waals surface area (Å²) in [7, 11) is 0. The van der Waals surface area contributed by atoms with Crippen LogP contribution >= 0.6 is 0 Å². The van der Waals surface area contributed by atoms with E-state index in [-0.39, 0.29) is 11.0 Å². The fraction of sp³-hybridized carbons (Fsp3) is 0.920. The van der Waals surface area contributed by atoms with Crippen LogP contribution in [0.3, 0.4) is 0 Å². The van der Waals surface area contributed by atoms with Gasteiger partial charge in [-0.25, -0.2) is 0 Å². The van der Waals surface area contributed by atoms with Crippen molar-refractivity contribution in [2.45, 2.75) is 104 Å². The molecule has 0 bridgehead atoms. The quantitative estimate of drug-likeness (QED) is 0.523. The summed E-state index contributed by atoms with van der Waals surface area (Å²) in [6.07, 6.45) is 15.9. The Balaban J connectivity index is 1.62. The predicted molar refractivity (Wildman–Crippen MR) is 112 cm³/mol. The van der Waals surface area contributed by atoms with Crippen molar-refractivity contribution in [1.29, 1.82) is 0 Å². The molecular formula is C25H42O2. The second-order valence-corrected chi connectivity index (χ2v) is 10.6. The molecule has 7 atom stereocenters. The third-order valence-electron chi connectivity index (χ3n) is 10.0. The summed E-state index contributed by atoms with van der Waals surface area (Å²) in [6, 6.07) is 0. The minimum atomic E-state index is 0.0447. The minimum Gasteiger partial charge on any atom is -0.512 e. The highest BCUT2D eigenvalue weighted by atomic mass is 16.5. The molecule has 0 amide bonds. The Morgan fingerprint density at radius 3 is 2.56 bits per heavy atom. The molecule has 2 heteroatoms. The molecule has 0 heterocycles. The van der Waals surface area contributed by atoms with Gasteiger partial charge in [0.25, 0.3) is 0 Å². The molecule has 0 saturated heterocycles. The molecular weight excluding hydrogens is 332 g/mol. The average Bonchev–Trinajstić information content (AvgIpc) is 2.96. The maximum Gasteiger partial charge on any atom is 0.0947 e. The van der Waals surface area contributed by atoms with Gasteiger partial charge in [0.15, 0.2) is 0 Å². The van der Waals surface area contributed by atoms with Gasteiger partial charge in [-0.2, -0.15) is 0 Å². The molecule has 3 saturated carbocycles. The van der Waals surface area contributed by atoms with Gasteiger partial charge in [-0.3, -0.25) is 0 Å². The minimum absolute atomic E-state index is 0.0447. The van der Waals surface area contributed by atoms with Gasteiger partial charge in [0, 0.05) is 12.0 Å². The van der Waals surface area contributed by atoms with Crippen molar-refractivity contribution in [3.63, 3.8) is 0 Å². The molecule has 0 spiro atoms. The van der Waals surface area contributed by atoms with Crippen molar-refractivity contribution < 1.29 is 9.84 Å². The lowest BCUT2D eigenvalue weighted by Gasteiger charge is -2.61. The first-order valence-electron chi connectivity index (χ1n) is 12.0. The first kappa shape index (κ1) is 19.8. The Kier molecular flexibility index (Phi) is 5.19. The van der Waals surface area contributed by atoms with Crippen LogP contribution in [0.4, 0.5) is 0 Å². The van der Waals surface area contributed by atoms with E-state index in [0.717, 1.165) is 37.0 Å². The summed E-state index contributed by atoms with van der Waals surface area (Å²) in [6.45, 7) is 10.5. The normalized spacial score (nSPS) is 49.1. The number of rotatable bonds is 5. The van der Waals surface area contributed by atoms with E-state index in [4.69, 9.17) is 4.74 Å². The Hall–Kier alpha value is -0.500. The van der Waals surface area contributed by atoms with Gasteiger partial charge in [-0.1, -0.05) is 34.1 Å². The predicted octanol–water partition coefficient (Wildman–Crippen LogP) is 7.05. The van der Waals surface area contributed by atoms with Crippen LogP contribution in [0.25, 0.3) is 0 Å². The smallest absolute Gasteiger partial charge is 0.0947 e. The lowest BCUT2D eigenvalue weighted by atomic mass is 9.45. The molecule has 154 valence electrons. The number of unbranched alkanes of at least 4 members (excludes halogenated alkanes) is 1. The van der Waals surface area contributed by atoms with Crippen LogP contribution < -0.4 is 0 Å². The molecule has 4 aliphatic carbocycles. The summed E-state index contributed by atoms with van der Waals surface area (Å²) in [5.41, 5.74) is 0.469. The number of aliphatic hydroxyl groups is 1. The van der Waals surface area contributed by atoms with Gasteiger partial charge in [-0.05, 0) is 99.4 Å². The first-order valence-corrected chi connectivity index (χ1v) is 12.0. The van der Waals surface area contributed by atoms with Gasteiger partial charge in [-0.15, -0.1) is 0 Å². The number of aliphatic hydroxyl groups excluding tert-OH is 1. The average molecular weight is 375 g/mol. The Morgan fingerprint density at radius 1 is 1.04 bits per heavy atom. The van der Waals surface area contributed by atoms with E-state index in [9.17, 15) is 5.11 Å². The standard InChI is InChI=1S/C25H42O2/c1-5-7-17-27-25(6-2)16-14-20-19-12-11-18-9-8-10-22(26)24(18,4)21(19)13-15-23(20,25)3/h10,18-21,26H,5-9,11-17H2,1-4H3/t18?,19-,20-,21-,23-,24-,25+/m0/s1. The highest BCUT2D eigenvalue weighted by molar-refractivity contribution is 5.21. The van der Waals surface area contributed by atoms with E-state index in [2.05, 4.69) is 33.8 Å². The van der Waals surface area contributed by atoms with Crippen molar-refractivity contribution in [1.82, 2.24) is 0 Å². The van der Waals surface area contributed by atoms with E-state index >= 15 is 0 Å². The third-order valence-corrected chi connectivity index (χ3v) is 10.0. The fourth-order valence-electron chi connectivity index (χ4n) is 8.34. The third kappa shape index (κ3) is 2.68. The van der Waals surface area contributed by atoms with Gasteiger partial charge in [0.05, 0.1) is 11.4 Å². The summed E-state index contributed by atoms with van der Waals surface area (Å²) in [5.74, 6) is 3.67. The topological polar surface area (TPSA) is 29.5 Å². The number of hydrogen-bond acceptors (Lipinski definition) is 2. The Labute approximate surface area is 167 Å². The molecule has 1 unspecified atom stereocenters. The molecule has 0 aliphatic heterocycles. The van der Waals surface area contributed by atoms with Crippen molar-refractivity contribution in [2.75, 3.05) is 6.61 Å². The van der Waals surface area contributed by atoms with Gasteiger partial charge in [0.1, 0.15) is 0 Å². The van der Waals surface area contributed by atoms with E-state index in [1.165, 1.54) is 57.8 Å². The first-order chi connectivity index (χ1) is 12.9. The molecule has 2 nitrogen and oxygen atoms in total. The van der Waals surface area contributed by atoms with Crippen LogP contribution in [0.2, 0.25) is 0 Å². The summed E-state index contributed by atoms with van der Waals surface area (Å²) in [4.78, 5) is 0. The molecule has 1 N–H and O–H groups in total. The van der Waals surface area contributed by atoms with E-state index in [1.807, 2.05) is 0 Å². The fourth-order valence-corrected chi connectivity index (χ4v) is 8.34. The molecule has 4 aliphatic rings. The number of ether oxygens (including phenoxy) is 1. The van der Waals surface area contributed by atoms with E-state index in [0.29, 0.717) is 17.3 Å². The van der Waals surface area contributed by atoms with Crippen molar-refractivity contribution in [2.24, 2.45) is 34.5 Å². The SMILES string of the molecule is CCCCO[C@]1(CC)CC[C@H]2[C@@H]3CCC4CCC=C(O)[C@]4(C)[C@H]3CC[C@@]21C. The highest BCUT2D eigenvalue weighted by Gasteiger charge is 2.65. The van der Waals surface area contributed by atoms with E-state index in [1.54, 1.807) is 0 Å². The highest BCUT2D eigenvalue weighted by Crippen LogP contribution is 2.69. The lowest BCUT2D eigenvalue weighted by Crippen LogP contribution is -2.57. The van der Waals surface area contributed by atoms with Gasteiger partial charge < -0.3 is 9.84 Å². The number of allylic oxidation sites excluding steroid dienone is 2. The molecule has 0 aromatic carbocycles. The Bertz CT molecular complexity index is 583. The summed E-state index contributed by atoms with van der Waals surface area (Å²) >= 11 is 0. The molecule has 3 fully saturated rings. The van der Waals surface area contributed by atoms with Crippen molar-refractivity contribution in [3.05, 3.63) is 11.8 Å². The summed E-state index contributed by atoms with van der Waals surface area (Å²) < 4.78 is 6.72.